The van der Waals surface area contributed by atoms with Crippen LogP contribution in [0, 0.1) is 5.92 Å². The normalized spacial score (nSPS) is 20.2. The van der Waals surface area contributed by atoms with Crippen LogP contribution in [0.5, 0.6) is 5.75 Å². The van der Waals surface area contributed by atoms with Gasteiger partial charge in [0.1, 0.15) is 5.75 Å². The molecule has 5 nitrogen and oxygen atoms in total. The van der Waals surface area contributed by atoms with Crippen LogP contribution in [0.4, 0.5) is 0 Å². The van der Waals surface area contributed by atoms with Crippen molar-refractivity contribution in [2.45, 2.75) is 12.8 Å². The summed E-state index contributed by atoms with van der Waals surface area (Å²) in [7, 11) is -3.15. The van der Waals surface area contributed by atoms with Gasteiger partial charge >= 0.3 is 0 Å². The van der Waals surface area contributed by atoms with Crippen molar-refractivity contribution in [2.75, 3.05) is 26.0 Å². The zero-order valence-electron chi connectivity index (χ0n) is 11.8. The first-order valence-corrected chi connectivity index (χ1v) is 9.37. The Morgan fingerprint density at radius 1 is 1.48 bits per heavy atom. The Hall–Kier alpha value is -0.920. The number of sulfonamides is 1. The van der Waals surface area contributed by atoms with E-state index in [0.29, 0.717) is 31.0 Å². The second-order valence-electron chi connectivity index (χ2n) is 5.22. The molecule has 0 saturated carbocycles. The lowest BCUT2D eigenvalue weighted by molar-refractivity contribution is 0.111. The molecule has 21 heavy (non-hydrogen) atoms. The van der Waals surface area contributed by atoms with Crippen LogP contribution in [0.3, 0.4) is 0 Å². The van der Waals surface area contributed by atoms with Crippen molar-refractivity contribution in [3.8, 4) is 5.75 Å². The van der Waals surface area contributed by atoms with Crippen LogP contribution in [0.2, 0.25) is 0 Å². The molecule has 1 unspecified atom stereocenters. The van der Waals surface area contributed by atoms with Gasteiger partial charge in [-0.3, -0.25) is 4.79 Å². The number of piperidine rings is 1. The molecular formula is C14H18BrNO4S. The summed E-state index contributed by atoms with van der Waals surface area (Å²) in [5, 5.41) is 0. The fraction of sp³-hybridized carbons (Fsp3) is 0.500. The average Bonchev–Trinajstić information content (AvgIpc) is 2.45. The third-order valence-electron chi connectivity index (χ3n) is 3.54. The zero-order valence-corrected chi connectivity index (χ0v) is 14.2. The Balaban J connectivity index is 2.02. The molecule has 1 fully saturated rings. The van der Waals surface area contributed by atoms with Gasteiger partial charge in [0.05, 0.1) is 22.9 Å². The number of nitrogens with zero attached hydrogens (tertiary/aromatic N) is 1. The number of carbonyl (C=O) groups is 1. The molecule has 0 spiro atoms. The molecule has 0 aliphatic carbocycles. The van der Waals surface area contributed by atoms with Crippen LogP contribution >= 0.6 is 15.9 Å². The van der Waals surface area contributed by atoms with Crippen molar-refractivity contribution in [1.29, 1.82) is 0 Å². The predicted octanol–water partition coefficient (Wildman–Crippen LogP) is 2.31. The molecule has 1 aromatic rings. The summed E-state index contributed by atoms with van der Waals surface area (Å²) < 4.78 is 31.2. The molecule has 1 heterocycles. The molecule has 0 radical (unpaired) electrons. The quantitative estimate of drug-likeness (QED) is 0.740. The van der Waals surface area contributed by atoms with Gasteiger partial charge in [0, 0.05) is 19.0 Å². The van der Waals surface area contributed by atoms with E-state index in [0.717, 1.165) is 23.6 Å². The number of hydrogen-bond acceptors (Lipinski definition) is 4. The van der Waals surface area contributed by atoms with Gasteiger partial charge in [-0.05, 0) is 40.9 Å². The minimum Gasteiger partial charge on any atom is -0.491 e. The van der Waals surface area contributed by atoms with Gasteiger partial charge in [-0.25, -0.2) is 12.7 Å². The molecule has 116 valence electrons. The first-order chi connectivity index (χ1) is 9.91. The number of carbonyl (C=O) groups excluding carboxylic acids is 1. The molecule has 2 rings (SSSR count). The van der Waals surface area contributed by atoms with Gasteiger partial charge in [0.15, 0.2) is 6.29 Å². The van der Waals surface area contributed by atoms with Crippen LogP contribution in [0.25, 0.3) is 0 Å². The van der Waals surface area contributed by atoms with Crippen LogP contribution in [-0.4, -0.2) is 45.0 Å². The van der Waals surface area contributed by atoms with E-state index in [2.05, 4.69) is 15.9 Å². The summed E-state index contributed by atoms with van der Waals surface area (Å²) in [5.41, 5.74) is 0.486. The average molecular weight is 376 g/mol. The number of para-hydroxylation sites is 1. The Bertz CT molecular complexity index is 617. The largest absolute Gasteiger partial charge is 0.491 e. The number of benzene rings is 1. The minimum absolute atomic E-state index is 0.139. The van der Waals surface area contributed by atoms with Crippen molar-refractivity contribution in [3.05, 3.63) is 28.2 Å². The molecule has 1 aromatic carbocycles. The molecular weight excluding hydrogens is 358 g/mol. The minimum atomic E-state index is -3.15. The monoisotopic (exact) mass is 375 g/mol. The van der Waals surface area contributed by atoms with Crippen molar-refractivity contribution in [1.82, 2.24) is 4.31 Å². The molecule has 1 aliphatic heterocycles. The summed E-state index contributed by atoms with van der Waals surface area (Å²) in [4.78, 5) is 11.0. The van der Waals surface area contributed by atoms with Crippen LogP contribution in [0.15, 0.2) is 22.7 Å². The van der Waals surface area contributed by atoms with Crippen molar-refractivity contribution in [3.63, 3.8) is 0 Å². The highest BCUT2D eigenvalue weighted by atomic mass is 79.9. The summed E-state index contributed by atoms with van der Waals surface area (Å²) in [5.74, 6) is 0.657. The lowest BCUT2D eigenvalue weighted by Crippen LogP contribution is -2.41. The standard InChI is InChI=1S/C14H18BrNO4S/c1-21(18,19)16-7-3-4-11(8-16)10-20-14-12(9-17)5-2-6-13(14)15/h2,5-6,9,11H,3-4,7-8,10H2,1H3. The van der Waals surface area contributed by atoms with E-state index >= 15 is 0 Å². The smallest absolute Gasteiger partial charge is 0.211 e. The zero-order chi connectivity index (χ0) is 15.5. The molecule has 0 aromatic heterocycles. The molecule has 0 N–H and O–H groups in total. The Kier molecular flexibility index (Phi) is 5.40. The molecule has 0 bridgehead atoms. The molecule has 1 atom stereocenters. The first-order valence-electron chi connectivity index (χ1n) is 6.73. The van der Waals surface area contributed by atoms with E-state index in [1.165, 1.54) is 10.6 Å². The fourth-order valence-electron chi connectivity index (χ4n) is 2.44. The molecule has 1 saturated heterocycles. The summed E-state index contributed by atoms with van der Waals surface area (Å²) >= 11 is 3.37. The van der Waals surface area contributed by atoms with E-state index in [4.69, 9.17) is 4.74 Å². The second kappa shape index (κ2) is 6.89. The van der Waals surface area contributed by atoms with Crippen LogP contribution in [0.1, 0.15) is 23.2 Å². The van der Waals surface area contributed by atoms with Gasteiger partial charge in [0.2, 0.25) is 10.0 Å². The van der Waals surface area contributed by atoms with E-state index in [9.17, 15) is 13.2 Å². The van der Waals surface area contributed by atoms with E-state index in [-0.39, 0.29) is 5.92 Å². The Morgan fingerprint density at radius 3 is 2.90 bits per heavy atom. The van der Waals surface area contributed by atoms with E-state index in [1.807, 2.05) is 6.07 Å². The highest BCUT2D eigenvalue weighted by molar-refractivity contribution is 9.10. The van der Waals surface area contributed by atoms with Crippen molar-refractivity contribution in [2.24, 2.45) is 5.92 Å². The number of halogens is 1. The predicted molar refractivity (Wildman–Crippen MR) is 84.2 cm³/mol. The van der Waals surface area contributed by atoms with Crippen molar-refractivity contribution >= 4 is 32.2 Å². The van der Waals surface area contributed by atoms with E-state index < -0.39 is 10.0 Å². The second-order valence-corrected chi connectivity index (χ2v) is 8.05. The highest BCUT2D eigenvalue weighted by Crippen LogP contribution is 2.29. The topological polar surface area (TPSA) is 63.7 Å². The molecule has 1 aliphatic rings. The molecule has 7 heteroatoms. The third-order valence-corrected chi connectivity index (χ3v) is 5.43. The van der Waals surface area contributed by atoms with Crippen LogP contribution < -0.4 is 4.74 Å². The number of hydrogen-bond donors (Lipinski definition) is 0. The number of aldehydes is 1. The lowest BCUT2D eigenvalue weighted by atomic mass is 10.0. The summed E-state index contributed by atoms with van der Waals surface area (Å²) in [6, 6.07) is 5.27. The summed E-state index contributed by atoms with van der Waals surface area (Å²) in [6.07, 6.45) is 3.74. The highest BCUT2D eigenvalue weighted by Gasteiger charge is 2.26. The van der Waals surface area contributed by atoms with Crippen LogP contribution in [-0.2, 0) is 10.0 Å². The Labute approximate surface area is 133 Å². The van der Waals surface area contributed by atoms with Gasteiger partial charge in [-0.1, -0.05) is 6.07 Å². The Morgan fingerprint density at radius 2 is 2.24 bits per heavy atom. The number of rotatable bonds is 5. The van der Waals surface area contributed by atoms with E-state index in [1.54, 1.807) is 12.1 Å². The van der Waals surface area contributed by atoms with Gasteiger partial charge in [0.25, 0.3) is 0 Å². The fourth-order valence-corrected chi connectivity index (χ4v) is 3.87. The number of ether oxygens (including phenoxy) is 1. The third kappa shape index (κ3) is 4.28. The van der Waals surface area contributed by atoms with Gasteiger partial charge in [-0.2, -0.15) is 0 Å². The maximum absolute atomic E-state index is 11.6. The molecule has 0 amide bonds. The van der Waals surface area contributed by atoms with Crippen molar-refractivity contribution < 1.29 is 17.9 Å². The van der Waals surface area contributed by atoms with Gasteiger partial charge in [-0.15, -0.1) is 0 Å². The first kappa shape index (κ1) is 16.5. The summed E-state index contributed by atoms with van der Waals surface area (Å²) in [6.45, 7) is 1.44. The SMILES string of the molecule is CS(=O)(=O)N1CCCC(COc2c(Br)cccc2C=O)C1. The maximum Gasteiger partial charge on any atom is 0.211 e. The maximum atomic E-state index is 11.6. The van der Waals surface area contributed by atoms with Gasteiger partial charge < -0.3 is 4.74 Å². The lowest BCUT2D eigenvalue weighted by Gasteiger charge is -2.30.